The average molecular weight is 264 g/mol. The quantitative estimate of drug-likeness (QED) is 0.773. The van der Waals surface area contributed by atoms with Crippen molar-refractivity contribution in [3.63, 3.8) is 0 Å². The Bertz CT molecular complexity index is 600. The molecule has 0 atom stereocenters. The Kier molecular flexibility index (Phi) is 3.16. The second kappa shape index (κ2) is 4.00. The van der Waals surface area contributed by atoms with Crippen LogP contribution in [0.25, 0.3) is 0 Å². The molecule has 0 aromatic carbocycles. The number of alkyl halides is 3. The van der Waals surface area contributed by atoms with Crippen LogP contribution in [0.4, 0.5) is 13.2 Å². The standard InChI is InChI=1S/C9H7F3N2O2S/c1-5-3-7(9(10,11)12)6(4-13)8(14-5)17(2,15)16/h3H,1-2H3. The third kappa shape index (κ3) is 2.74. The van der Waals surface area contributed by atoms with E-state index in [0.29, 0.717) is 12.3 Å². The molecule has 1 rings (SSSR count). The Morgan fingerprint density at radius 2 is 1.94 bits per heavy atom. The number of nitriles is 1. The highest BCUT2D eigenvalue weighted by molar-refractivity contribution is 7.90. The first-order valence-electron chi connectivity index (χ1n) is 4.26. The lowest BCUT2D eigenvalue weighted by molar-refractivity contribution is -0.138. The van der Waals surface area contributed by atoms with E-state index >= 15 is 0 Å². The largest absolute Gasteiger partial charge is 0.417 e. The van der Waals surface area contributed by atoms with E-state index in [1.807, 2.05) is 0 Å². The topological polar surface area (TPSA) is 70.8 Å². The van der Waals surface area contributed by atoms with Gasteiger partial charge >= 0.3 is 6.18 Å². The van der Waals surface area contributed by atoms with Gasteiger partial charge in [-0.15, -0.1) is 0 Å². The van der Waals surface area contributed by atoms with Crippen molar-refractivity contribution >= 4 is 9.84 Å². The predicted octanol–water partition coefficient (Wildman–Crippen LogP) is 1.68. The molecule has 4 nitrogen and oxygen atoms in total. The van der Waals surface area contributed by atoms with Crippen molar-refractivity contribution in [3.8, 4) is 6.07 Å². The van der Waals surface area contributed by atoms with Crippen LogP contribution >= 0.6 is 0 Å². The van der Waals surface area contributed by atoms with E-state index in [9.17, 15) is 21.6 Å². The van der Waals surface area contributed by atoms with Gasteiger partial charge < -0.3 is 0 Å². The van der Waals surface area contributed by atoms with Crippen LogP contribution in [-0.2, 0) is 16.0 Å². The fraction of sp³-hybridized carbons (Fsp3) is 0.333. The van der Waals surface area contributed by atoms with Crippen LogP contribution in [0.2, 0.25) is 0 Å². The highest BCUT2D eigenvalue weighted by atomic mass is 32.2. The molecule has 0 bridgehead atoms. The zero-order valence-corrected chi connectivity index (χ0v) is 9.65. The molecule has 0 unspecified atom stereocenters. The Morgan fingerprint density at radius 1 is 1.41 bits per heavy atom. The van der Waals surface area contributed by atoms with Crippen LogP contribution in [0.5, 0.6) is 0 Å². The minimum atomic E-state index is -4.79. The molecule has 17 heavy (non-hydrogen) atoms. The van der Waals surface area contributed by atoms with E-state index in [4.69, 9.17) is 5.26 Å². The molecule has 0 saturated carbocycles. The van der Waals surface area contributed by atoms with Crippen molar-refractivity contribution in [2.45, 2.75) is 18.1 Å². The number of sulfone groups is 1. The molecule has 0 amide bonds. The van der Waals surface area contributed by atoms with Gasteiger partial charge in [0, 0.05) is 11.9 Å². The summed E-state index contributed by atoms with van der Waals surface area (Å²) >= 11 is 0. The SMILES string of the molecule is Cc1cc(C(F)(F)F)c(C#N)c(S(C)(=O)=O)n1. The van der Waals surface area contributed by atoms with Crippen molar-refractivity contribution < 1.29 is 21.6 Å². The summed E-state index contributed by atoms with van der Waals surface area (Å²) in [6, 6.07) is 1.89. The van der Waals surface area contributed by atoms with Crippen molar-refractivity contribution in [2.24, 2.45) is 0 Å². The number of aryl methyl sites for hydroxylation is 1. The van der Waals surface area contributed by atoms with Gasteiger partial charge in [0.05, 0.1) is 5.56 Å². The molecule has 1 heterocycles. The van der Waals surface area contributed by atoms with Gasteiger partial charge in [0.25, 0.3) is 0 Å². The second-order valence-electron chi connectivity index (χ2n) is 3.37. The predicted molar refractivity (Wildman–Crippen MR) is 51.8 cm³/mol. The van der Waals surface area contributed by atoms with Crippen molar-refractivity contribution in [1.29, 1.82) is 5.26 Å². The maximum absolute atomic E-state index is 12.6. The molecule has 0 spiro atoms. The smallest absolute Gasteiger partial charge is 0.240 e. The fourth-order valence-corrected chi connectivity index (χ4v) is 2.08. The van der Waals surface area contributed by atoms with E-state index in [-0.39, 0.29) is 5.69 Å². The Morgan fingerprint density at radius 3 is 2.29 bits per heavy atom. The number of hydrogen-bond donors (Lipinski definition) is 0. The molecular formula is C9H7F3N2O2S. The number of hydrogen-bond acceptors (Lipinski definition) is 4. The lowest BCUT2D eigenvalue weighted by Gasteiger charge is -2.11. The lowest BCUT2D eigenvalue weighted by atomic mass is 10.1. The molecule has 1 aromatic heterocycles. The van der Waals surface area contributed by atoms with Gasteiger partial charge in [-0.25, -0.2) is 13.4 Å². The first-order chi connectivity index (χ1) is 7.57. The van der Waals surface area contributed by atoms with Crippen LogP contribution in [0.15, 0.2) is 11.1 Å². The van der Waals surface area contributed by atoms with Crippen LogP contribution in [0, 0.1) is 18.3 Å². The summed E-state index contributed by atoms with van der Waals surface area (Å²) in [6.07, 6.45) is -4.09. The van der Waals surface area contributed by atoms with E-state index in [0.717, 1.165) is 0 Å². The summed E-state index contributed by atoms with van der Waals surface area (Å²) in [5.74, 6) is 0. The highest BCUT2D eigenvalue weighted by Gasteiger charge is 2.37. The average Bonchev–Trinajstić information content (AvgIpc) is 2.13. The molecule has 0 saturated heterocycles. The molecule has 8 heteroatoms. The summed E-state index contributed by atoms with van der Waals surface area (Å²) in [4.78, 5) is 3.48. The summed E-state index contributed by atoms with van der Waals surface area (Å²) < 4.78 is 60.4. The Balaban J connectivity index is 3.79. The van der Waals surface area contributed by atoms with Crippen LogP contribution in [0.3, 0.4) is 0 Å². The zero-order valence-electron chi connectivity index (χ0n) is 8.83. The number of halogens is 3. The summed E-state index contributed by atoms with van der Waals surface area (Å²) in [7, 11) is -3.98. The fourth-order valence-electron chi connectivity index (χ4n) is 1.24. The Hall–Kier alpha value is -1.62. The second-order valence-corrected chi connectivity index (χ2v) is 5.30. The maximum atomic E-state index is 12.6. The summed E-state index contributed by atoms with van der Waals surface area (Å²) in [6.45, 7) is 1.23. The third-order valence-electron chi connectivity index (χ3n) is 1.88. The lowest BCUT2D eigenvalue weighted by Crippen LogP contribution is -2.14. The zero-order chi connectivity index (χ0) is 13.4. The minimum absolute atomic E-state index is 0.114. The molecule has 0 aliphatic carbocycles. The summed E-state index contributed by atoms with van der Waals surface area (Å²) in [5.41, 5.74) is -2.37. The van der Waals surface area contributed by atoms with Gasteiger partial charge in [-0.1, -0.05) is 0 Å². The monoisotopic (exact) mass is 264 g/mol. The molecule has 0 radical (unpaired) electrons. The molecule has 92 valence electrons. The first-order valence-corrected chi connectivity index (χ1v) is 6.15. The van der Waals surface area contributed by atoms with Gasteiger partial charge in [-0.3, -0.25) is 0 Å². The third-order valence-corrected chi connectivity index (χ3v) is 2.88. The maximum Gasteiger partial charge on any atom is 0.417 e. The molecular weight excluding hydrogens is 257 g/mol. The van der Waals surface area contributed by atoms with Gasteiger partial charge in [-0.05, 0) is 13.0 Å². The normalized spacial score (nSPS) is 12.2. The minimum Gasteiger partial charge on any atom is -0.240 e. The van der Waals surface area contributed by atoms with Crippen LogP contribution in [0.1, 0.15) is 16.8 Å². The molecule has 0 aliphatic heterocycles. The van der Waals surface area contributed by atoms with E-state index in [2.05, 4.69) is 4.98 Å². The van der Waals surface area contributed by atoms with Crippen LogP contribution < -0.4 is 0 Å². The van der Waals surface area contributed by atoms with Gasteiger partial charge in [0.2, 0.25) is 0 Å². The number of pyridine rings is 1. The molecule has 1 aromatic rings. The molecule has 0 aliphatic rings. The molecule has 0 N–H and O–H groups in total. The van der Waals surface area contributed by atoms with E-state index < -0.39 is 32.2 Å². The van der Waals surface area contributed by atoms with Gasteiger partial charge in [-0.2, -0.15) is 18.4 Å². The summed E-state index contributed by atoms with van der Waals surface area (Å²) in [5, 5.41) is 7.82. The highest BCUT2D eigenvalue weighted by Crippen LogP contribution is 2.34. The van der Waals surface area contributed by atoms with Gasteiger partial charge in [0.1, 0.15) is 11.6 Å². The van der Waals surface area contributed by atoms with E-state index in [1.54, 1.807) is 0 Å². The first kappa shape index (κ1) is 13.4. The number of aromatic nitrogens is 1. The van der Waals surface area contributed by atoms with Crippen molar-refractivity contribution in [3.05, 3.63) is 22.9 Å². The number of nitrogens with zero attached hydrogens (tertiary/aromatic N) is 2. The van der Waals surface area contributed by atoms with Crippen molar-refractivity contribution in [2.75, 3.05) is 6.26 Å². The van der Waals surface area contributed by atoms with Gasteiger partial charge in [0.15, 0.2) is 14.9 Å². The van der Waals surface area contributed by atoms with Crippen LogP contribution in [-0.4, -0.2) is 19.7 Å². The Labute approximate surface area is 95.6 Å². The van der Waals surface area contributed by atoms with Crippen molar-refractivity contribution in [1.82, 2.24) is 4.98 Å². The van der Waals surface area contributed by atoms with E-state index in [1.165, 1.54) is 13.0 Å². The number of rotatable bonds is 1. The molecule has 0 fully saturated rings.